The number of hydrogen-bond donors (Lipinski definition) is 2. The molecule has 0 spiro atoms. The van der Waals surface area contributed by atoms with E-state index in [-0.39, 0.29) is 11.9 Å². The van der Waals surface area contributed by atoms with Crippen LogP contribution < -0.4 is 10.6 Å². The van der Waals surface area contributed by atoms with Gasteiger partial charge in [0.2, 0.25) is 5.91 Å². The topological polar surface area (TPSA) is 67.4 Å². The van der Waals surface area contributed by atoms with Gasteiger partial charge in [0.25, 0.3) is 0 Å². The van der Waals surface area contributed by atoms with Gasteiger partial charge in [-0.25, -0.2) is 4.79 Å². The molecular formula is C15H28N2O3. The summed E-state index contributed by atoms with van der Waals surface area (Å²) in [6, 6.07) is 0.290. The molecule has 0 aromatic carbocycles. The highest BCUT2D eigenvalue weighted by molar-refractivity contribution is 5.77. The fraction of sp³-hybridized carbons (Fsp3) is 0.867. The Morgan fingerprint density at radius 2 is 1.85 bits per heavy atom. The highest BCUT2D eigenvalue weighted by atomic mass is 16.6. The Morgan fingerprint density at radius 1 is 1.20 bits per heavy atom. The Morgan fingerprint density at radius 3 is 2.45 bits per heavy atom. The molecule has 0 aliphatic heterocycles. The summed E-state index contributed by atoms with van der Waals surface area (Å²) in [7, 11) is 0. The highest BCUT2D eigenvalue weighted by Crippen LogP contribution is 2.23. The smallest absolute Gasteiger partial charge is 0.407 e. The van der Waals surface area contributed by atoms with Crippen molar-refractivity contribution >= 4 is 12.0 Å². The average Bonchev–Trinajstić information content (AvgIpc) is 2.29. The minimum atomic E-state index is -0.510. The second kappa shape index (κ2) is 7.50. The third kappa shape index (κ3) is 6.78. The Labute approximate surface area is 121 Å². The Balaban J connectivity index is 2.18. The van der Waals surface area contributed by atoms with Gasteiger partial charge in [0, 0.05) is 19.0 Å². The molecule has 1 aliphatic carbocycles. The summed E-state index contributed by atoms with van der Waals surface area (Å²) in [6.45, 7) is 7.92. The molecular weight excluding hydrogens is 256 g/mol. The summed E-state index contributed by atoms with van der Waals surface area (Å²) in [5.41, 5.74) is -0.510. The van der Waals surface area contributed by atoms with E-state index in [4.69, 9.17) is 4.74 Å². The molecule has 20 heavy (non-hydrogen) atoms. The largest absolute Gasteiger partial charge is 0.444 e. The van der Waals surface area contributed by atoms with Crippen molar-refractivity contribution in [1.29, 1.82) is 0 Å². The number of carbonyl (C=O) groups excluding carboxylic acids is 2. The van der Waals surface area contributed by atoms with Crippen LogP contribution in [0.3, 0.4) is 0 Å². The van der Waals surface area contributed by atoms with Gasteiger partial charge in [0.1, 0.15) is 5.60 Å². The van der Waals surface area contributed by atoms with Crippen LogP contribution in [0.4, 0.5) is 4.79 Å². The van der Waals surface area contributed by atoms with E-state index in [1.54, 1.807) is 0 Å². The fourth-order valence-electron chi connectivity index (χ4n) is 2.40. The first-order chi connectivity index (χ1) is 9.28. The molecule has 5 heteroatoms. The predicted octanol–water partition coefficient (Wildman–Crippen LogP) is 2.60. The van der Waals surface area contributed by atoms with Gasteiger partial charge in [0.15, 0.2) is 0 Å². The van der Waals surface area contributed by atoms with Crippen LogP contribution in [0.1, 0.15) is 59.8 Å². The molecule has 0 aromatic rings. The lowest BCUT2D eigenvalue weighted by atomic mass is 9.86. The van der Waals surface area contributed by atoms with Crippen molar-refractivity contribution in [2.24, 2.45) is 5.92 Å². The van der Waals surface area contributed by atoms with Crippen LogP contribution in [-0.2, 0) is 9.53 Å². The van der Waals surface area contributed by atoms with E-state index in [9.17, 15) is 9.59 Å². The van der Waals surface area contributed by atoms with Crippen LogP contribution in [0.2, 0.25) is 0 Å². The third-order valence-corrected chi connectivity index (χ3v) is 3.48. The molecule has 1 saturated carbocycles. The summed E-state index contributed by atoms with van der Waals surface area (Å²) in [6.07, 6.45) is 4.51. The van der Waals surface area contributed by atoms with Crippen molar-refractivity contribution in [2.45, 2.75) is 71.4 Å². The van der Waals surface area contributed by atoms with Gasteiger partial charge in [0.05, 0.1) is 0 Å². The fourth-order valence-corrected chi connectivity index (χ4v) is 2.40. The van der Waals surface area contributed by atoms with Crippen LogP contribution in [-0.4, -0.2) is 30.2 Å². The summed E-state index contributed by atoms with van der Waals surface area (Å²) in [5, 5.41) is 5.66. The maximum atomic E-state index is 11.8. The van der Waals surface area contributed by atoms with Crippen LogP contribution in [0.15, 0.2) is 0 Å². The van der Waals surface area contributed by atoms with Gasteiger partial charge in [-0.05, 0) is 39.5 Å². The molecule has 0 heterocycles. The van der Waals surface area contributed by atoms with E-state index < -0.39 is 11.7 Å². The molecule has 1 aliphatic rings. The number of nitrogens with one attached hydrogen (secondary N) is 2. The van der Waals surface area contributed by atoms with Crippen LogP contribution >= 0.6 is 0 Å². The lowest BCUT2D eigenvalue weighted by Crippen LogP contribution is -2.42. The second-order valence-electron chi connectivity index (χ2n) is 6.61. The zero-order valence-corrected chi connectivity index (χ0v) is 13.1. The first-order valence-electron chi connectivity index (χ1n) is 7.54. The maximum absolute atomic E-state index is 11.8. The summed E-state index contributed by atoms with van der Waals surface area (Å²) in [4.78, 5) is 23.2. The van der Waals surface area contributed by atoms with E-state index in [1.807, 2.05) is 20.8 Å². The van der Waals surface area contributed by atoms with E-state index in [0.717, 1.165) is 6.42 Å². The molecule has 116 valence electrons. The molecule has 0 aromatic heterocycles. The molecule has 0 radical (unpaired) electrons. The highest BCUT2D eigenvalue weighted by Gasteiger charge is 2.22. The second-order valence-corrected chi connectivity index (χ2v) is 6.61. The maximum Gasteiger partial charge on any atom is 0.407 e. The number of alkyl carbamates (subject to hydrolysis) is 1. The molecule has 2 unspecified atom stereocenters. The summed E-state index contributed by atoms with van der Waals surface area (Å²) < 4.78 is 5.10. The molecule has 2 atom stereocenters. The van der Waals surface area contributed by atoms with E-state index in [1.165, 1.54) is 19.3 Å². The Hall–Kier alpha value is -1.26. The van der Waals surface area contributed by atoms with Crippen molar-refractivity contribution in [3.8, 4) is 0 Å². The minimum absolute atomic E-state index is 0.000177. The molecule has 0 saturated heterocycles. The van der Waals surface area contributed by atoms with Crippen molar-refractivity contribution < 1.29 is 14.3 Å². The Bertz CT molecular complexity index is 337. The van der Waals surface area contributed by atoms with Gasteiger partial charge in [-0.2, -0.15) is 0 Å². The standard InChI is InChI=1S/C15H28N2O3/c1-11-7-5-6-8-12(11)17-13(18)9-10-16-14(19)20-15(2,3)4/h11-12H,5-10H2,1-4H3,(H,16,19)(H,17,18). The summed E-state index contributed by atoms with van der Waals surface area (Å²) in [5.74, 6) is 0.548. The molecule has 2 amide bonds. The molecule has 0 bridgehead atoms. The first-order valence-corrected chi connectivity index (χ1v) is 7.54. The lowest BCUT2D eigenvalue weighted by molar-refractivity contribution is -0.122. The zero-order valence-electron chi connectivity index (χ0n) is 13.1. The van der Waals surface area contributed by atoms with E-state index in [0.29, 0.717) is 18.9 Å². The number of hydrogen-bond acceptors (Lipinski definition) is 3. The van der Waals surface area contributed by atoms with Crippen molar-refractivity contribution in [1.82, 2.24) is 10.6 Å². The minimum Gasteiger partial charge on any atom is -0.444 e. The van der Waals surface area contributed by atoms with Gasteiger partial charge in [-0.3, -0.25) is 4.79 Å². The van der Waals surface area contributed by atoms with Crippen molar-refractivity contribution in [3.63, 3.8) is 0 Å². The first kappa shape index (κ1) is 16.8. The van der Waals surface area contributed by atoms with Crippen LogP contribution in [0.25, 0.3) is 0 Å². The molecule has 2 N–H and O–H groups in total. The lowest BCUT2D eigenvalue weighted by Gasteiger charge is -2.29. The predicted molar refractivity (Wildman–Crippen MR) is 78.4 cm³/mol. The van der Waals surface area contributed by atoms with Crippen molar-refractivity contribution in [2.75, 3.05) is 6.54 Å². The normalized spacial score (nSPS) is 23.0. The van der Waals surface area contributed by atoms with Crippen LogP contribution in [0.5, 0.6) is 0 Å². The van der Waals surface area contributed by atoms with E-state index in [2.05, 4.69) is 17.6 Å². The number of amides is 2. The van der Waals surface area contributed by atoms with Crippen molar-refractivity contribution in [3.05, 3.63) is 0 Å². The van der Waals surface area contributed by atoms with Gasteiger partial charge in [-0.15, -0.1) is 0 Å². The molecule has 1 rings (SSSR count). The number of carbonyl (C=O) groups is 2. The van der Waals surface area contributed by atoms with Gasteiger partial charge in [-0.1, -0.05) is 19.8 Å². The average molecular weight is 284 g/mol. The van der Waals surface area contributed by atoms with Gasteiger partial charge < -0.3 is 15.4 Å². The quantitative estimate of drug-likeness (QED) is 0.834. The summed E-state index contributed by atoms with van der Waals surface area (Å²) >= 11 is 0. The Kier molecular flexibility index (Phi) is 6.30. The molecule has 5 nitrogen and oxygen atoms in total. The monoisotopic (exact) mass is 284 g/mol. The number of ether oxygens (including phenoxy) is 1. The van der Waals surface area contributed by atoms with Crippen LogP contribution in [0, 0.1) is 5.92 Å². The van der Waals surface area contributed by atoms with Gasteiger partial charge >= 0.3 is 6.09 Å². The molecule has 1 fully saturated rings. The third-order valence-electron chi connectivity index (χ3n) is 3.48. The van der Waals surface area contributed by atoms with E-state index >= 15 is 0 Å². The SMILES string of the molecule is CC1CCCCC1NC(=O)CCNC(=O)OC(C)(C)C. The number of rotatable bonds is 4. The zero-order chi connectivity index (χ0) is 15.2.